The van der Waals surface area contributed by atoms with Gasteiger partial charge in [-0.1, -0.05) is 12.8 Å². The van der Waals surface area contributed by atoms with Crippen molar-refractivity contribution >= 4 is 0 Å². The molecule has 1 saturated heterocycles. The number of piperidine rings is 1. The Morgan fingerprint density at radius 2 is 2.24 bits per heavy atom. The van der Waals surface area contributed by atoms with E-state index in [0.29, 0.717) is 19.1 Å². The number of methoxy groups -OCH3 is 1. The lowest BCUT2D eigenvalue weighted by molar-refractivity contribution is -0.102. The molecule has 0 radical (unpaired) electrons. The molecule has 1 aliphatic heterocycles. The van der Waals surface area contributed by atoms with Gasteiger partial charge in [-0.15, -0.1) is 0 Å². The summed E-state index contributed by atoms with van der Waals surface area (Å²) >= 11 is 0. The van der Waals surface area contributed by atoms with Crippen LogP contribution in [0.1, 0.15) is 32.1 Å². The van der Waals surface area contributed by atoms with Crippen molar-refractivity contribution in [2.75, 3.05) is 33.4 Å². The third-order valence-electron chi connectivity index (χ3n) is 4.34. The summed E-state index contributed by atoms with van der Waals surface area (Å²) in [6.07, 6.45) is 4.95. The molecular formula is C13H25NO3. The minimum Gasteiger partial charge on any atom is -0.390 e. The molecule has 4 heteroatoms. The van der Waals surface area contributed by atoms with Gasteiger partial charge in [0.2, 0.25) is 0 Å². The number of aliphatic hydroxyl groups is 2. The van der Waals surface area contributed by atoms with E-state index in [4.69, 9.17) is 4.74 Å². The predicted molar refractivity (Wildman–Crippen MR) is 65.8 cm³/mol. The van der Waals surface area contributed by atoms with Crippen LogP contribution in [0.25, 0.3) is 0 Å². The van der Waals surface area contributed by atoms with Gasteiger partial charge in [-0.2, -0.15) is 0 Å². The normalized spacial score (nSPS) is 36.5. The van der Waals surface area contributed by atoms with Crippen molar-refractivity contribution in [3.8, 4) is 0 Å². The van der Waals surface area contributed by atoms with Gasteiger partial charge < -0.3 is 19.8 Å². The molecule has 0 aromatic heterocycles. The van der Waals surface area contributed by atoms with Gasteiger partial charge in [0.05, 0.1) is 18.3 Å². The summed E-state index contributed by atoms with van der Waals surface area (Å²) in [7, 11) is 1.61. The van der Waals surface area contributed by atoms with Crippen molar-refractivity contribution in [2.24, 2.45) is 5.92 Å². The minimum absolute atomic E-state index is 0.394. The molecule has 0 aromatic carbocycles. The van der Waals surface area contributed by atoms with Crippen LogP contribution in [0.3, 0.4) is 0 Å². The van der Waals surface area contributed by atoms with E-state index in [-0.39, 0.29) is 0 Å². The van der Waals surface area contributed by atoms with Crippen LogP contribution in [0, 0.1) is 5.92 Å². The zero-order valence-corrected chi connectivity index (χ0v) is 10.8. The SMILES string of the molecule is COCC(O)CN1CCC2(O)CCCCC2C1. The highest BCUT2D eigenvalue weighted by atomic mass is 16.5. The van der Waals surface area contributed by atoms with Gasteiger partial charge in [0, 0.05) is 32.7 Å². The van der Waals surface area contributed by atoms with Crippen LogP contribution < -0.4 is 0 Å². The number of rotatable bonds is 4. The summed E-state index contributed by atoms with van der Waals surface area (Å²) in [5.74, 6) is 0.403. The number of ether oxygens (including phenoxy) is 1. The van der Waals surface area contributed by atoms with Gasteiger partial charge in [-0.05, 0) is 19.3 Å². The molecule has 0 aromatic rings. The molecule has 0 amide bonds. The Hall–Kier alpha value is -0.160. The highest BCUT2D eigenvalue weighted by Gasteiger charge is 2.42. The fraction of sp³-hybridized carbons (Fsp3) is 1.00. The maximum Gasteiger partial charge on any atom is 0.0900 e. The number of nitrogens with zero attached hydrogens (tertiary/aromatic N) is 1. The van der Waals surface area contributed by atoms with E-state index in [1.54, 1.807) is 7.11 Å². The number of β-amino-alcohol motifs (C(OH)–C–C–N with tert-alkyl or cyclic N) is 1. The van der Waals surface area contributed by atoms with E-state index >= 15 is 0 Å². The Morgan fingerprint density at radius 3 is 3.00 bits per heavy atom. The first-order chi connectivity index (χ1) is 8.14. The highest BCUT2D eigenvalue weighted by Crippen LogP contribution is 2.39. The summed E-state index contributed by atoms with van der Waals surface area (Å²) in [5.41, 5.74) is -0.416. The Kier molecular flexibility index (Phi) is 4.42. The topological polar surface area (TPSA) is 52.9 Å². The second-order valence-corrected chi connectivity index (χ2v) is 5.67. The van der Waals surface area contributed by atoms with Crippen molar-refractivity contribution in [3.63, 3.8) is 0 Å². The summed E-state index contributed by atoms with van der Waals surface area (Å²) < 4.78 is 4.95. The maximum atomic E-state index is 10.5. The summed E-state index contributed by atoms with van der Waals surface area (Å²) in [5, 5.41) is 20.3. The fourth-order valence-corrected chi connectivity index (χ4v) is 3.35. The first kappa shape index (κ1) is 13.3. The average molecular weight is 243 g/mol. The largest absolute Gasteiger partial charge is 0.390 e. The van der Waals surface area contributed by atoms with Crippen molar-refractivity contribution in [1.29, 1.82) is 0 Å². The minimum atomic E-state index is -0.416. The van der Waals surface area contributed by atoms with Gasteiger partial charge in [-0.25, -0.2) is 0 Å². The lowest BCUT2D eigenvalue weighted by atomic mass is 9.71. The maximum absolute atomic E-state index is 10.5. The first-order valence-corrected chi connectivity index (χ1v) is 6.76. The van der Waals surface area contributed by atoms with E-state index in [1.807, 2.05) is 0 Å². The van der Waals surface area contributed by atoms with Gasteiger partial charge in [0.1, 0.15) is 0 Å². The van der Waals surface area contributed by atoms with E-state index in [1.165, 1.54) is 12.8 Å². The van der Waals surface area contributed by atoms with Gasteiger partial charge in [0.15, 0.2) is 0 Å². The summed E-state index contributed by atoms with van der Waals surface area (Å²) in [6.45, 7) is 2.89. The van der Waals surface area contributed by atoms with Crippen LogP contribution in [-0.4, -0.2) is 60.2 Å². The molecule has 2 rings (SSSR count). The fourth-order valence-electron chi connectivity index (χ4n) is 3.35. The molecular weight excluding hydrogens is 218 g/mol. The number of fused-ring (bicyclic) bond motifs is 1. The number of hydrogen-bond acceptors (Lipinski definition) is 4. The van der Waals surface area contributed by atoms with Crippen molar-refractivity contribution < 1.29 is 14.9 Å². The number of likely N-dealkylation sites (tertiary alicyclic amines) is 1. The van der Waals surface area contributed by atoms with Crippen molar-refractivity contribution in [1.82, 2.24) is 4.90 Å². The molecule has 0 bridgehead atoms. The highest BCUT2D eigenvalue weighted by molar-refractivity contribution is 4.95. The van der Waals surface area contributed by atoms with Crippen LogP contribution in [0.15, 0.2) is 0 Å². The molecule has 1 aliphatic carbocycles. The molecule has 3 unspecified atom stereocenters. The van der Waals surface area contributed by atoms with Gasteiger partial charge >= 0.3 is 0 Å². The molecule has 17 heavy (non-hydrogen) atoms. The van der Waals surface area contributed by atoms with Crippen molar-refractivity contribution in [3.05, 3.63) is 0 Å². The van der Waals surface area contributed by atoms with Crippen LogP contribution >= 0.6 is 0 Å². The van der Waals surface area contributed by atoms with E-state index < -0.39 is 11.7 Å². The molecule has 2 fully saturated rings. The lowest BCUT2D eigenvalue weighted by Gasteiger charge is -2.47. The third kappa shape index (κ3) is 3.19. The second-order valence-electron chi connectivity index (χ2n) is 5.67. The standard InChI is InChI=1S/C13H25NO3/c1-17-10-12(15)9-14-7-6-13(16)5-3-2-4-11(13)8-14/h11-12,15-16H,2-10H2,1H3. The molecule has 100 valence electrons. The molecule has 4 nitrogen and oxygen atoms in total. The van der Waals surface area contributed by atoms with Crippen LogP contribution in [0.5, 0.6) is 0 Å². The molecule has 0 spiro atoms. The Labute approximate surface area is 104 Å². The van der Waals surface area contributed by atoms with E-state index in [9.17, 15) is 10.2 Å². The zero-order valence-electron chi connectivity index (χ0n) is 10.8. The Morgan fingerprint density at radius 1 is 1.41 bits per heavy atom. The Balaban J connectivity index is 1.84. The Bertz CT molecular complexity index is 249. The summed E-state index contributed by atoms with van der Waals surface area (Å²) in [6, 6.07) is 0. The van der Waals surface area contributed by atoms with Crippen LogP contribution in [0.4, 0.5) is 0 Å². The number of hydrogen-bond donors (Lipinski definition) is 2. The first-order valence-electron chi connectivity index (χ1n) is 6.76. The molecule has 2 aliphatic rings. The molecule has 1 saturated carbocycles. The van der Waals surface area contributed by atoms with Gasteiger partial charge in [-0.3, -0.25) is 0 Å². The molecule has 2 N–H and O–H groups in total. The van der Waals surface area contributed by atoms with Crippen LogP contribution in [0.2, 0.25) is 0 Å². The predicted octanol–water partition coefficient (Wildman–Crippen LogP) is 0.621. The molecule has 3 atom stereocenters. The average Bonchev–Trinajstić information content (AvgIpc) is 2.30. The van der Waals surface area contributed by atoms with Crippen LogP contribution in [-0.2, 0) is 4.74 Å². The third-order valence-corrected chi connectivity index (χ3v) is 4.34. The molecule has 1 heterocycles. The van der Waals surface area contributed by atoms with Gasteiger partial charge in [0.25, 0.3) is 0 Å². The number of aliphatic hydroxyl groups excluding tert-OH is 1. The van der Waals surface area contributed by atoms with E-state index in [2.05, 4.69) is 4.90 Å². The lowest BCUT2D eigenvalue weighted by Crippen LogP contribution is -2.54. The quantitative estimate of drug-likeness (QED) is 0.760. The monoisotopic (exact) mass is 243 g/mol. The smallest absolute Gasteiger partial charge is 0.0900 e. The van der Waals surface area contributed by atoms with Crippen molar-refractivity contribution in [2.45, 2.75) is 43.8 Å². The second kappa shape index (κ2) is 5.65. The summed E-state index contributed by atoms with van der Waals surface area (Å²) in [4.78, 5) is 2.27. The van der Waals surface area contributed by atoms with E-state index in [0.717, 1.165) is 32.4 Å². The zero-order chi connectivity index (χ0) is 12.3.